The standard InChI is InChI=1S/C13H14N2O/c14-15-13(10-5-2-1-3-6-10)11-7-4-8-12(16)9-11/h1-9,13,15-16H,14H2/t13-/m0/s1. The smallest absolute Gasteiger partial charge is 0.115 e. The Labute approximate surface area is 94.5 Å². The van der Waals surface area contributed by atoms with Crippen molar-refractivity contribution in [2.24, 2.45) is 5.84 Å². The molecular formula is C13H14N2O. The summed E-state index contributed by atoms with van der Waals surface area (Å²) >= 11 is 0. The van der Waals surface area contributed by atoms with E-state index in [2.05, 4.69) is 5.43 Å². The number of hydrazine groups is 1. The van der Waals surface area contributed by atoms with Crippen LogP contribution in [0.5, 0.6) is 5.75 Å². The third-order valence-electron chi connectivity index (χ3n) is 2.50. The quantitative estimate of drug-likeness (QED) is 0.540. The van der Waals surface area contributed by atoms with Gasteiger partial charge in [-0.25, -0.2) is 5.43 Å². The molecule has 4 N–H and O–H groups in total. The molecule has 0 saturated carbocycles. The molecule has 0 bridgehead atoms. The lowest BCUT2D eigenvalue weighted by atomic mass is 9.99. The molecule has 0 fully saturated rings. The molecule has 0 unspecified atom stereocenters. The van der Waals surface area contributed by atoms with Gasteiger partial charge in [-0.1, -0.05) is 42.5 Å². The van der Waals surface area contributed by atoms with Gasteiger partial charge < -0.3 is 5.11 Å². The normalized spacial score (nSPS) is 12.3. The number of hydrogen-bond acceptors (Lipinski definition) is 3. The number of phenols is 1. The third-order valence-corrected chi connectivity index (χ3v) is 2.50. The van der Waals surface area contributed by atoms with Crippen LogP contribution in [0.15, 0.2) is 54.6 Å². The fraction of sp³-hybridized carbons (Fsp3) is 0.0769. The van der Waals surface area contributed by atoms with Crippen molar-refractivity contribution in [3.05, 3.63) is 65.7 Å². The van der Waals surface area contributed by atoms with Crippen molar-refractivity contribution in [2.75, 3.05) is 0 Å². The number of nitrogens with two attached hydrogens (primary N) is 1. The highest BCUT2D eigenvalue weighted by molar-refractivity contribution is 5.35. The van der Waals surface area contributed by atoms with Crippen LogP contribution in [-0.2, 0) is 0 Å². The van der Waals surface area contributed by atoms with Gasteiger partial charge in [0.1, 0.15) is 5.75 Å². The highest BCUT2D eigenvalue weighted by atomic mass is 16.3. The van der Waals surface area contributed by atoms with Gasteiger partial charge in [0.15, 0.2) is 0 Å². The molecule has 0 heterocycles. The van der Waals surface area contributed by atoms with Gasteiger partial charge in [0.05, 0.1) is 6.04 Å². The molecule has 16 heavy (non-hydrogen) atoms. The second-order valence-electron chi connectivity index (χ2n) is 3.61. The minimum atomic E-state index is -0.103. The van der Waals surface area contributed by atoms with Gasteiger partial charge in [0.2, 0.25) is 0 Å². The van der Waals surface area contributed by atoms with Gasteiger partial charge in [-0.2, -0.15) is 0 Å². The third kappa shape index (κ3) is 2.21. The summed E-state index contributed by atoms with van der Waals surface area (Å²) in [6.45, 7) is 0. The molecule has 3 heteroatoms. The Hall–Kier alpha value is -1.84. The van der Waals surface area contributed by atoms with Crippen LogP contribution in [0.4, 0.5) is 0 Å². The van der Waals surface area contributed by atoms with Gasteiger partial charge in [0.25, 0.3) is 0 Å². The van der Waals surface area contributed by atoms with Crippen molar-refractivity contribution in [1.29, 1.82) is 0 Å². The molecular weight excluding hydrogens is 200 g/mol. The van der Waals surface area contributed by atoms with Crippen molar-refractivity contribution in [1.82, 2.24) is 5.43 Å². The first-order valence-electron chi connectivity index (χ1n) is 5.11. The average molecular weight is 214 g/mol. The highest BCUT2D eigenvalue weighted by Crippen LogP contribution is 2.23. The molecule has 0 radical (unpaired) electrons. The lowest BCUT2D eigenvalue weighted by Gasteiger charge is -2.16. The maximum atomic E-state index is 9.44. The first-order chi connectivity index (χ1) is 7.81. The van der Waals surface area contributed by atoms with Crippen LogP contribution in [0, 0.1) is 0 Å². The predicted molar refractivity (Wildman–Crippen MR) is 63.7 cm³/mol. The zero-order valence-corrected chi connectivity index (χ0v) is 8.80. The summed E-state index contributed by atoms with van der Waals surface area (Å²) in [6, 6.07) is 16.8. The summed E-state index contributed by atoms with van der Waals surface area (Å²) in [5, 5.41) is 9.44. The molecule has 0 aromatic heterocycles. The molecule has 2 aromatic rings. The Morgan fingerprint density at radius 3 is 2.25 bits per heavy atom. The first kappa shape index (κ1) is 10.7. The van der Waals surface area contributed by atoms with E-state index in [1.807, 2.05) is 36.4 Å². The van der Waals surface area contributed by atoms with E-state index in [4.69, 9.17) is 5.84 Å². The fourth-order valence-electron chi connectivity index (χ4n) is 1.73. The van der Waals surface area contributed by atoms with Crippen LogP contribution in [-0.4, -0.2) is 5.11 Å². The molecule has 0 aliphatic rings. The van der Waals surface area contributed by atoms with E-state index in [1.165, 1.54) is 0 Å². The van der Waals surface area contributed by atoms with Crippen molar-refractivity contribution in [3.63, 3.8) is 0 Å². The van der Waals surface area contributed by atoms with Gasteiger partial charge in [-0.15, -0.1) is 0 Å². The van der Waals surface area contributed by atoms with Crippen LogP contribution in [0.25, 0.3) is 0 Å². The SMILES string of the molecule is NN[C@@H](c1ccccc1)c1cccc(O)c1. The Bertz CT molecular complexity index is 456. The number of nitrogens with one attached hydrogen (secondary N) is 1. The minimum absolute atomic E-state index is 0.103. The number of aromatic hydroxyl groups is 1. The zero-order chi connectivity index (χ0) is 11.4. The molecule has 0 amide bonds. The van der Waals surface area contributed by atoms with Crippen molar-refractivity contribution < 1.29 is 5.11 Å². The lowest BCUT2D eigenvalue weighted by molar-refractivity contribution is 0.473. The number of phenolic OH excluding ortho intramolecular Hbond substituents is 1. The van der Waals surface area contributed by atoms with E-state index >= 15 is 0 Å². The van der Waals surface area contributed by atoms with Gasteiger partial charge >= 0.3 is 0 Å². The Balaban J connectivity index is 2.37. The number of hydrogen-bond donors (Lipinski definition) is 3. The van der Waals surface area contributed by atoms with Crippen LogP contribution >= 0.6 is 0 Å². The number of rotatable bonds is 3. The molecule has 2 aromatic carbocycles. The fourth-order valence-corrected chi connectivity index (χ4v) is 1.73. The maximum absolute atomic E-state index is 9.44. The Morgan fingerprint density at radius 1 is 0.938 bits per heavy atom. The van der Waals surface area contributed by atoms with E-state index in [-0.39, 0.29) is 11.8 Å². The second-order valence-corrected chi connectivity index (χ2v) is 3.61. The summed E-state index contributed by atoms with van der Waals surface area (Å²) < 4.78 is 0. The van der Waals surface area contributed by atoms with Crippen LogP contribution in [0.2, 0.25) is 0 Å². The van der Waals surface area contributed by atoms with E-state index in [9.17, 15) is 5.11 Å². The van der Waals surface area contributed by atoms with E-state index < -0.39 is 0 Å². The second kappa shape index (κ2) is 4.79. The summed E-state index contributed by atoms with van der Waals surface area (Å²) in [4.78, 5) is 0. The van der Waals surface area contributed by atoms with Crippen molar-refractivity contribution in [2.45, 2.75) is 6.04 Å². The van der Waals surface area contributed by atoms with Gasteiger partial charge in [-0.3, -0.25) is 5.84 Å². The Morgan fingerprint density at radius 2 is 1.62 bits per heavy atom. The van der Waals surface area contributed by atoms with Crippen molar-refractivity contribution in [3.8, 4) is 5.75 Å². The van der Waals surface area contributed by atoms with E-state index in [0.717, 1.165) is 11.1 Å². The minimum Gasteiger partial charge on any atom is -0.508 e. The first-order valence-corrected chi connectivity index (χ1v) is 5.11. The van der Waals surface area contributed by atoms with E-state index in [1.54, 1.807) is 18.2 Å². The summed E-state index contributed by atoms with van der Waals surface area (Å²) in [5.74, 6) is 5.80. The predicted octanol–water partition coefficient (Wildman–Crippen LogP) is 1.94. The van der Waals surface area contributed by atoms with E-state index in [0.29, 0.717) is 0 Å². The maximum Gasteiger partial charge on any atom is 0.115 e. The topological polar surface area (TPSA) is 58.3 Å². The average Bonchev–Trinajstić information content (AvgIpc) is 2.31. The molecule has 82 valence electrons. The summed E-state index contributed by atoms with van der Waals surface area (Å²) in [7, 11) is 0. The molecule has 2 rings (SSSR count). The number of benzene rings is 2. The van der Waals surface area contributed by atoms with Crippen molar-refractivity contribution >= 4 is 0 Å². The molecule has 0 aliphatic heterocycles. The highest BCUT2D eigenvalue weighted by Gasteiger charge is 2.11. The Kier molecular flexibility index (Phi) is 3.19. The molecule has 3 nitrogen and oxygen atoms in total. The molecule has 0 saturated heterocycles. The summed E-state index contributed by atoms with van der Waals surface area (Å²) in [6.07, 6.45) is 0. The van der Waals surface area contributed by atoms with Gasteiger partial charge in [-0.05, 0) is 23.3 Å². The molecule has 1 atom stereocenters. The summed E-state index contributed by atoms with van der Waals surface area (Å²) in [5.41, 5.74) is 4.75. The largest absolute Gasteiger partial charge is 0.508 e. The van der Waals surface area contributed by atoms with Crippen LogP contribution in [0.3, 0.4) is 0 Å². The monoisotopic (exact) mass is 214 g/mol. The molecule has 0 aliphatic carbocycles. The van der Waals surface area contributed by atoms with Crippen LogP contribution < -0.4 is 11.3 Å². The zero-order valence-electron chi connectivity index (χ0n) is 8.80. The van der Waals surface area contributed by atoms with Gasteiger partial charge in [0, 0.05) is 0 Å². The molecule has 0 spiro atoms. The lowest BCUT2D eigenvalue weighted by Crippen LogP contribution is -2.28. The van der Waals surface area contributed by atoms with Crippen LogP contribution in [0.1, 0.15) is 17.2 Å².